The summed E-state index contributed by atoms with van der Waals surface area (Å²) in [5.41, 5.74) is 0. The Hall–Kier alpha value is -1.62. The quantitative estimate of drug-likeness (QED) is 0.802. The van der Waals surface area contributed by atoms with Crippen molar-refractivity contribution in [2.45, 2.75) is 6.10 Å². The minimum atomic E-state index is -1.20. The molecule has 0 fully saturated rings. The van der Waals surface area contributed by atoms with Gasteiger partial charge in [0.15, 0.2) is 11.6 Å². The van der Waals surface area contributed by atoms with Crippen LogP contribution in [0.3, 0.4) is 0 Å². The number of para-hydroxylation sites is 1. The van der Waals surface area contributed by atoms with E-state index in [1.54, 1.807) is 6.07 Å². The summed E-state index contributed by atoms with van der Waals surface area (Å²) >= 11 is 0. The van der Waals surface area contributed by atoms with Crippen LogP contribution in [-0.4, -0.2) is 30.9 Å². The van der Waals surface area contributed by atoms with E-state index >= 15 is 0 Å². The maximum atomic E-state index is 13.1. The van der Waals surface area contributed by atoms with E-state index in [-0.39, 0.29) is 12.4 Å². The summed E-state index contributed by atoms with van der Waals surface area (Å²) in [5, 5.41) is 8.73. The van der Waals surface area contributed by atoms with Crippen molar-refractivity contribution in [3.63, 3.8) is 0 Å². The van der Waals surface area contributed by atoms with Gasteiger partial charge in [0.1, 0.15) is 0 Å². The molecule has 1 unspecified atom stereocenters. The molecule has 1 N–H and O–H groups in total. The lowest BCUT2D eigenvalue weighted by molar-refractivity contribution is -0.147. The Morgan fingerprint density at radius 2 is 2.20 bits per heavy atom. The van der Waals surface area contributed by atoms with Crippen molar-refractivity contribution in [1.82, 2.24) is 0 Å². The maximum Gasteiger partial charge on any atom is 0.347 e. The van der Waals surface area contributed by atoms with Crippen LogP contribution in [0.5, 0.6) is 5.75 Å². The van der Waals surface area contributed by atoms with Crippen LogP contribution in [0.4, 0.5) is 4.39 Å². The molecule has 0 bridgehead atoms. The lowest BCUT2D eigenvalue weighted by Gasteiger charge is -2.14. The van der Waals surface area contributed by atoms with E-state index in [4.69, 9.17) is 9.84 Å². The normalized spacial score (nSPS) is 12.1. The van der Waals surface area contributed by atoms with E-state index in [0.29, 0.717) is 0 Å². The molecule has 0 aromatic heterocycles. The lowest BCUT2D eigenvalue weighted by atomic mass is 10.3. The van der Waals surface area contributed by atoms with Gasteiger partial charge in [0.05, 0.1) is 6.61 Å². The van der Waals surface area contributed by atoms with Crippen molar-refractivity contribution in [2.75, 3.05) is 13.7 Å². The Labute approximate surface area is 86.2 Å². The molecule has 1 rings (SSSR count). The summed E-state index contributed by atoms with van der Waals surface area (Å²) in [6, 6.07) is 5.61. The molecule has 15 heavy (non-hydrogen) atoms. The Balaban J connectivity index is 2.74. The monoisotopic (exact) mass is 214 g/mol. The Bertz CT molecular complexity index is 340. The van der Waals surface area contributed by atoms with Gasteiger partial charge < -0.3 is 14.6 Å². The number of rotatable bonds is 5. The first-order chi connectivity index (χ1) is 7.15. The molecule has 0 spiro atoms. The topological polar surface area (TPSA) is 55.8 Å². The van der Waals surface area contributed by atoms with E-state index in [9.17, 15) is 9.18 Å². The summed E-state index contributed by atoms with van der Waals surface area (Å²) in [7, 11) is 1.35. The second-order valence-electron chi connectivity index (χ2n) is 2.83. The van der Waals surface area contributed by atoms with Crippen LogP contribution in [0.15, 0.2) is 24.3 Å². The fourth-order valence-electron chi connectivity index (χ4n) is 1.00. The highest BCUT2D eigenvalue weighted by molar-refractivity contribution is 5.72. The van der Waals surface area contributed by atoms with Gasteiger partial charge in [-0.3, -0.25) is 0 Å². The number of hydrogen-bond acceptors (Lipinski definition) is 3. The number of carboxylic acids is 1. The molecule has 0 amide bonds. The van der Waals surface area contributed by atoms with Crippen molar-refractivity contribution in [2.24, 2.45) is 0 Å². The standard InChI is InChI=1S/C10H11FO4/c1-14-6-9(10(12)13)15-8-5-3-2-4-7(8)11/h2-5,9H,6H2,1H3,(H,12,13). The summed E-state index contributed by atoms with van der Waals surface area (Å²) in [6.45, 7) is -0.135. The highest BCUT2D eigenvalue weighted by Gasteiger charge is 2.20. The highest BCUT2D eigenvalue weighted by Crippen LogP contribution is 2.17. The first-order valence-corrected chi connectivity index (χ1v) is 4.28. The van der Waals surface area contributed by atoms with Crippen LogP contribution >= 0.6 is 0 Å². The first kappa shape index (κ1) is 11.5. The molecule has 0 heterocycles. The first-order valence-electron chi connectivity index (χ1n) is 4.28. The van der Waals surface area contributed by atoms with Gasteiger partial charge in [-0.2, -0.15) is 0 Å². The molecule has 1 aromatic carbocycles. The summed E-state index contributed by atoms with van der Waals surface area (Å²) in [5.74, 6) is -1.89. The van der Waals surface area contributed by atoms with Crippen molar-refractivity contribution < 1.29 is 23.8 Å². The molecule has 0 aliphatic rings. The number of benzene rings is 1. The number of hydrogen-bond donors (Lipinski definition) is 1. The van der Waals surface area contributed by atoms with E-state index < -0.39 is 17.9 Å². The lowest BCUT2D eigenvalue weighted by Crippen LogP contribution is -2.31. The number of carbonyl (C=O) groups is 1. The van der Waals surface area contributed by atoms with Crippen molar-refractivity contribution >= 4 is 5.97 Å². The average Bonchev–Trinajstić information content (AvgIpc) is 2.20. The molecule has 1 atom stereocenters. The fourth-order valence-corrected chi connectivity index (χ4v) is 1.00. The Morgan fingerprint density at radius 3 is 2.73 bits per heavy atom. The van der Waals surface area contributed by atoms with Gasteiger partial charge in [0, 0.05) is 7.11 Å². The third-order valence-corrected chi connectivity index (χ3v) is 1.70. The van der Waals surface area contributed by atoms with Crippen LogP contribution in [0, 0.1) is 5.82 Å². The molecule has 1 aromatic rings. The molecule has 0 radical (unpaired) electrons. The van der Waals surface area contributed by atoms with Crippen molar-refractivity contribution in [3.8, 4) is 5.75 Å². The second-order valence-corrected chi connectivity index (χ2v) is 2.83. The SMILES string of the molecule is COCC(Oc1ccccc1F)C(=O)O. The molecule has 0 saturated carbocycles. The molecule has 82 valence electrons. The third kappa shape index (κ3) is 3.21. The zero-order valence-electron chi connectivity index (χ0n) is 8.14. The van der Waals surface area contributed by atoms with Crippen molar-refractivity contribution in [3.05, 3.63) is 30.1 Å². The largest absolute Gasteiger partial charge is 0.478 e. The van der Waals surface area contributed by atoms with E-state index in [1.165, 1.54) is 25.3 Å². The number of methoxy groups -OCH3 is 1. The molecular weight excluding hydrogens is 203 g/mol. The molecule has 5 heteroatoms. The van der Waals surface area contributed by atoms with Crippen molar-refractivity contribution in [1.29, 1.82) is 0 Å². The number of carboxylic acid groups (broad SMARTS) is 1. The van der Waals surface area contributed by atoms with Crippen LogP contribution < -0.4 is 4.74 Å². The van der Waals surface area contributed by atoms with Gasteiger partial charge in [0.25, 0.3) is 0 Å². The van der Waals surface area contributed by atoms with E-state index in [0.717, 1.165) is 0 Å². The Kier molecular flexibility index (Phi) is 4.05. The smallest absolute Gasteiger partial charge is 0.347 e. The predicted molar refractivity (Wildman–Crippen MR) is 50.3 cm³/mol. The molecule has 0 aliphatic carbocycles. The van der Waals surface area contributed by atoms with Crippen LogP contribution in [0.25, 0.3) is 0 Å². The number of ether oxygens (including phenoxy) is 2. The van der Waals surface area contributed by atoms with Gasteiger partial charge in [0.2, 0.25) is 6.10 Å². The average molecular weight is 214 g/mol. The van der Waals surface area contributed by atoms with E-state index in [2.05, 4.69) is 4.74 Å². The molecule has 4 nitrogen and oxygen atoms in total. The van der Waals surface area contributed by atoms with Crippen LogP contribution in [-0.2, 0) is 9.53 Å². The highest BCUT2D eigenvalue weighted by atomic mass is 19.1. The van der Waals surface area contributed by atoms with Crippen LogP contribution in [0.2, 0.25) is 0 Å². The van der Waals surface area contributed by atoms with Gasteiger partial charge in [-0.05, 0) is 12.1 Å². The maximum absolute atomic E-state index is 13.1. The summed E-state index contributed by atoms with van der Waals surface area (Å²) in [4.78, 5) is 10.7. The fraction of sp³-hybridized carbons (Fsp3) is 0.300. The zero-order valence-corrected chi connectivity index (χ0v) is 8.14. The van der Waals surface area contributed by atoms with Crippen LogP contribution in [0.1, 0.15) is 0 Å². The minimum absolute atomic E-state index is 0.0954. The minimum Gasteiger partial charge on any atom is -0.478 e. The predicted octanol–water partition coefficient (Wildman–Crippen LogP) is 1.30. The molecule has 0 aliphatic heterocycles. The summed E-state index contributed by atoms with van der Waals surface area (Å²) < 4.78 is 22.7. The number of aliphatic carboxylic acids is 1. The van der Waals surface area contributed by atoms with Gasteiger partial charge >= 0.3 is 5.97 Å². The second kappa shape index (κ2) is 5.31. The number of halogens is 1. The summed E-state index contributed by atoms with van der Waals surface area (Å²) in [6.07, 6.45) is -1.20. The molecule has 0 saturated heterocycles. The van der Waals surface area contributed by atoms with Gasteiger partial charge in [-0.1, -0.05) is 12.1 Å². The van der Waals surface area contributed by atoms with E-state index in [1.807, 2.05) is 0 Å². The molecular formula is C10H11FO4. The third-order valence-electron chi connectivity index (χ3n) is 1.70. The van der Waals surface area contributed by atoms with Gasteiger partial charge in [-0.25, -0.2) is 9.18 Å². The Morgan fingerprint density at radius 1 is 1.53 bits per heavy atom. The zero-order chi connectivity index (χ0) is 11.3. The van der Waals surface area contributed by atoms with Gasteiger partial charge in [-0.15, -0.1) is 0 Å².